The van der Waals surface area contributed by atoms with Gasteiger partial charge >= 0.3 is 0 Å². The Bertz CT molecular complexity index is 1190. The summed E-state index contributed by atoms with van der Waals surface area (Å²) in [5.74, 6) is 0.743. The van der Waals surface area contributed by atoms with Gasteiger partial charge in [-0.2, -0.15) is 5.10 Å². The molecule has 2 N–H and O–H groups in total. The Labute approximate surface area is 150 Å². The molecule has 132 valence electrons. The number of nitrogens with one attached hydrogen (secondary N) is 2. The number of aromatic nitrogens is 4. The predicted octanol–water partition coefficient (Wildman–Crippen LogP) is 3.07. The van der Waals surface area contributed by atoms with Crippen LogP contribution in [0.25, 0.3) is 22.4 Å². The molecule has 0 bridgehead atoms. The van der Waals surface area contributed by atoms with E-state index >= 15 is 0 Å². The highest BCUT2D eigenvalue weighted by molar-refractivity contribution is 7.92. The van der Waals surface area contributed by atoms with Crippen molar-refractivity contribution < 1.29 is 8.42 Å². The largest absolute Gasteiger partial charge is 0.338 e. The molecule has 26 heavy (non-hydrogen) atoms. The standard InChI is InChI=1S/C18H17N5O2S/c1-12-3-8-16-17(9-12)21-18(20-16)13-4-6-14(7-5-13)22-26(24,25)15-10-19-23(2)11-15/h3-11,22H,1-2H3,(H,20,21). The van der Waals surface area contributed by atoms with Crippen molar-refractivity contribution in [1.29, 1.82) is 0 Å². The minimum Gasteiger partial charge on any atom is -0.338 e. The topological polar surface area (TPSA) is 92.7 Å². The summed E-state index contributed by atoms with van der Waals surface area (Å²) < 4.78 is 28.7. The molecule has 2 aromatic carbocycles. The number of nitrogens with zero attached hydrogens (tertiary/aromatic N) is 3. The summed E-state index contributed by atoms with van der Waals surface area (Å²) in [4.78, 5) is 7.98. The monoisotopic (exact) mass is 367 g/mol. The number of fused-ring (bicyclic) bond motifs is 1. The molecule has 0 unspecified atom stereocenters. The van der Waals surface area contributed by atoms with Crippen molar-refractivity contribution in [3.8, 4) is 11.4 Å². The molecule has 0 spiro atoms. The lowest BCUT2D eigenvalue weighted by Gasteiger charge is -2.06. The van der Waals surface area contributed by atoms with Crippen molar-refractivity contribution in [1.82, 2.24) is 19.7 Å². The zero-order valence-electron chi connectivity index (χ0n) is 14.3. The predicted molar refractivity (Wildman–Crippen MR) is 100 cm³/mol. The van der Waals surface area contributed by atoms with Crippen molar-refractivity contribution in [2.75, 3.05) is 4.72 Å². The molecule has 0 aliphatic carbocycles. The van der Waals surface area contributed by atoms with Crippen LogP contribution < -0.4 is 4.72 Å². The fourth-order valence-electron chi connectivity index (χ4n) is 2.71. The van der Waals surface area contributed by atoms with E-state index in [2.05, 4.69) is 19.8 Å². The summed E-state index contributed by atoms with van der Waals surface area (Å²) in [6.07, 6.45) is 2.76. The zero-order chi connectivity index (χ0) is 18.3. The van der Waals surface area contributed by atoms with Gasteiger partial charge in [0, 0.05) is 24.5 Å². The van der Waals surface area contributed by atoms with Crippen LogP contribution >= 0.6 is 0 Å². The van der Waals surface area contributed by atoms with E-state index in [1.807, 2.05) is 37.3 Å². The van der Waals surface area contributed by atoms with Crippen molar-refractivity contribution >= 4 is 26.7 Å². The van der Waals surface area contributed by atoms with Gasteiger partial charge in [0.2, 0.25) is 0 Å². The van der Waals surface area contributed by atoms with Gasteiger partial charge in [-0.25, -0.2) is 13.4 Å². The highest BCUT2D eigenvalue weighted by Gasteiger charge is 2.16. The first kappa shape index (κ1) is 16.3. The molecule has 8 heteroatoms. The summed E-state index contributed by atoms with van der Waals surface area (Å²) in [7, 11) is -1.98. The molecular formula is C18H17N5O2S. The third kappa shape index (κ3) is 3.06. The van der Waals surface area contributed by atoms with Gasteiger partial charge in [0.1, 0.15) is 10.7 Å². The number of aromatic amines is 1. The number of benzene rings is 2. The van der Waals surface area contributed by atoms with Crippen LogP contribution in [0.2, 0.25) is 0 Å². The van der Waals surface area contributed by atoms with Crippen molar-refractivity contribution in [3.05, 3.63) is 60.4 Å². The van der Waals surface area contributed by atoms with Crippen LogP contribution in [0.3, 0.4) is 0 Å². The molecule has 0 saturated heterocycles. The molecule has 0 fully saturated rings. The summed E-state index contributed by atoms with van der Waals surface area (Å²) in [5.41, 5.74) is 4.38. The quantitative estimate of drug-likeness (QED) is 0.580. The average Bonchev–Trinajstić information content (AvgIpc) is 3.21. The first-order valence-electron chi connectivity index (χ1n) is 7.99. The van der Waals surface area contributed by atoms with Crippen LogP contribution in [0.1, 0.15) is 5.56 Å². The summed E-state index contributed by atoms with van der Waals surface area (Å²) in [6.45, 7) is 2.03. The maximum Gasteiger partial charge on any atom is 0.265 e. The normalized spacial score (nSPS) is 11.8. The Morgan fingerprint density at radius 1 is 1.12 bits per heavy atom. The highest BCUT2D eigenvalue weighted by atomic mass is 32.2. The minimum atomic E-state index is -3.65. The molecule has 2 aromatic heterocycles. The Hall–Kier alpha value is -3.13. The van der Waals surface area contributed by atoms with Gasteiger partial charge in [0.25, 0.3) is 10.0 Å². The summed E-state index contributed by atoms with van der Waals surface area (Å²) in [6, 6.07) is 13.1. The molecule has 0 atom stereocenters. The molecule has 7 nitrogen and oxygen atoms in total. The molecular weight excluding hydrogens is 350 g/mol. The number of rotatable bonds is 4. The maximum atomic E-state index is 12.3. The Balaban J connectivity index is 1.60. The smallest absolute Gasteiger partial charge is 0.265 e. The Kier molecular flexibility index (Phi) is 3.77. The third-order valence-corrected chi connectivity index (χ3v) is 5.38. The number of aryl methyl sites for hydroxylation is 2. The molecule has 0 aliphatic heterocycles. The SMILES string of the molecule is Cc1ccc2nc(-c3ccc(NS(=O)(=O)c4cnn(C)c4)cc3)[nH]c2c1. The van der Waals surface area contributed by atoms with Crippen LogP contribution in [0.15, 0.2) is 59.8 Å². The third-order valence-electron chi connectivity index (χ3n) is 4.04. The Morgan fingerprint density at radius 2 is 1.88 bits per heavy atom. The lowest BCUT2D eigenvalue weighted by atomic mass is 10.2. The molecule has 0 aliphatic rings. The number of hydrogen-bond acceptors (Lipinski definition) is 4. The molecule has 4 rings (SSSR count). The number of imidazole rings is 1. The van der Waals surface area contributed by atoms with E-state index < -0.39 is 10.0 Å². The van der Waals surface area contributed by atoms with E-state index in [-0.39, 0.29) is 4.90 Å². The highest BCUT2D eigenvalue weighted by Crippen LogP contribution is 2.23. The first-order chi connectivity index (χ1) is 12.4. The number of sulfonamides is 1. The van der Waals surface area contributed by atoms with Gasteiger partial charge in [-0.15, -0.1) is 0 Å². The van der Waals surface area contributed by atoms with E-state index in [4.69, 9.17) is 0 Å². The fourth-order valence-corrected chi connectivity index (χ4v) is 3.75. The van der Waals surface area contributed by atoms with E-state index in [0.717, 1.165) is 28.0 Å². The van der Waals surface area contributed by atoms with E-state index in [1.54, 1.807) is 19.2 Å². The van der Waals surface area contributed by atoms with Gasteiger partial charge in [0.15, 0.2) is 0 Å². The van der Waals surface area contributed by atoms with E-state index in [1.165, 1.54) is 17.1 Å². The van der Waals surface area contributed by atoms with Crippen molar-refractivity contribution in [3.63, 3.8) is 0 Å². The van der Waals surface area contributed by atoms with Gasteiger partial charge in [0.05, 0.1) is 17.2 Å². The van der Waals surface area contributed by atoms with Gasteiger partial charge in [-0.3, -0.25) is 9.40 Å². The van der Waals surface area contributed by atoms with Crippen LogP contribution in [0.4, 0.5) is 5.69 Å². The minimum absolute atomic E-state index is 0.122. The van der Waals surface area contributed by atoms with Crippen LogP contribution in [-0.4, -0.2) is 28.2 Å². The second kappa shape index (κ2) is 5.99. The number of hydrogen-bond donors (Lipinski definition) is 2. The van der Waals surface area contributed by atoms with E-state index in [0.29, 0.717) is 5.69 Å². The lowest BCUT2D eigenvalue weighted by molar-refractivity contribution is 0.601. The fraction of sp³-hybridized carbons (Fsp3) is 0.111. The van der Waals surface area contributed by atoms with Gasteiger partial charge in [-0.05, 0) is 48.9 Å². The molecule has 4 aromatic rings. The summed E-state index contributed by atoms with van der Waals surface area (Å²) in [5, 5.41) is 3.89. The summed E-state index contributed by atoms with van der Waals surface area (Å²) >= 11 is 0. The molecule has 0 radical (unpaired) electrons. The molecule has 2 heterocycles. The second-order valence-corrected chi connectivity index (χ2v) is 7.82. The number of H-pyrrole nitrogens is 1. The van der Waals surface area contributed by atoms with E-state index in [9.17, 15) is 8.42 Å². The molecule has 0 saturated carbocycles. The van der Waals surface area contributed by atoms with Crippen LogP contribution in [-0.2, 0) is 17.1 Å². The average molecular weight is 367 g/mol. The van der Waals surface area contributed by atoms with Gasteiger partial charge in [-0.1, -0.05) is 6.07 Å². The Morgan fingerprint density at radius 3 is 2.58 bits per heavy atom. The van der Waals surface area contributed by atoms with Crippen LogP contribution in [0.5, 0.6) is 0 Å². The molecule has 0 amide bonds. The lowest BCUT2D eigenvalue weighted by Crippen LogP contribution is -2.12. The van der Waals surface area contributed by atoms with Gasteiger partial charge < -0.3 is 4.98 Å². The van der Waals surface area contributed by atoms with Crippen LogP contribution in [0, 0.1) is 6.92 Å². The number of anilines is 1. The first-order valence-corrected chi connectivity index (χ1v) is 9.47. The van der Waals surface area contributed by atoms with Crippen molar-refractivity contribution in [2.24, 2.45) is 7.05 Å². The zero-order valence-corrected chi connectivity index (χ0v) is 15.1. The second-order valence-electron chi connectivity index (χ2n) is 6.14. The van der Waals surface area contributed by atoms with Crippen molar-refractivity contribution in [2.45, 2.75) is 11.8 Å². The maximum absolute atomic E-state index is 12.3.